The van der Waals surface area contributed by atoms with Gasteiger partial charge in [-0.05, 0) is 80.8 Å². The number of fused-ring (bicyclic) bond motifs is 5. The van der Waals surface area contributed by atoms with Crippen molar-refractivity contribution in [2.75, 3.05) is 32.6 Å². The molecule has 1 aromatic carbocycles. The first-order chi connectivity index (χ1) is 25.4. The van der Waals surface area contributed by atoms with Crippen LogP contribution in [0.15, 0.2) is 41.5 Å². The molecule has 1 saturated heterocycles. The quantitative estimate of drug-likeness (QED) is 0.240. The van der Waals surface area contributed by atoms with E-state index < -0.39 is 29.6 Å². The molecule has 2 amide bonds. The molecular formula is C40H54N6O6S. The smallest absolute Gasteiger partial charge is 0.407 e. The van der Waals surface area contributed by atoms with Crippen LogP contribution in [-0.2, 0) is 36.8 Å². The number of alkyl carbamates (subject to hydrolysis) is 1. The summed E-state index contributed by atoms with van der Waals surface area (Å²) in [6.07, 6.45) is 3.65. The normalized spacial score (nSPS) is 22.7. The molecule has 0 spiro atoms. The summed E-state index contributed by atoms with van der Waals surface area (Å²) in [5.41, 5.74) is 8.98. The maximum Gasteiger partial charge on any atom is 0.407 e. The maximum atomic E-state index is 14.0. The van der Waals surface area contributed by atoms with Gasteiger partial charge in [-0.2, -0.15) is 0 Å². The number of amides is 2. The van der Waals surface area contributed by atoms with Crippen LogP contribution in [-0.4, -0.2) is 82.3 Å². The van der Waals surface area contributed by atoms with Gasteiger partial charge in [0.1, 0.15) is 12.1 Å². The number of nitrogens with one attached hydrogen (secondary N) is 2. The highest BCUT2D eigenvalue weighted by Gasteiger charge is 2.37. The van der Waals surface area contributed by atoms with E-state index in [1.54, 1.807) is 25.1 Å². The molecule has 6 rings (SSSR count). The fraction of sp³-hybridized carbons (Fsp3) is 0.575. The van der Waals surface area contributed by atoms with E-state index in [2.05, 4.69) is 74.2 Å². The Hall–Kier alpha value is -3.94. The number of methoxy groups -OCH3 is 1. The number of hydrogen-bond acceptors (Lipinski definition) is 10. The van der Waals surface area contributed by atoms with Crippen molar-refractivity contribution in [3.8, 4) is 11.3 Å². The van der Waals surface area contributed by atoms with Crippen molar-refractivity contribution in [2.24, 2.45) is 16.3 Å². The average Bonchev–Trinajstić information content (AvgIpc) is 3.74. The standard InChI is InChI=1S/C40H54N6O6S/c1-8-45-33-14-13-26-19-28(33)29(36(45)27-11-9-16-41-35(27)25(4)50-7)21-40(5,6)23-52-38(48)30-12-10-17-46(44-30)37(47)31(20-34-42-32(26)22-53-34)43-39(49)51-18-15-24(2)3/h9,11,13-14,16,19,24-25,30-32,44H,8,10,12,15,17-18,20-23H2,1-7H3,(H,43,49)/t25-,30-,31-,32?/m0/s1. The average molecular weight is 747 g/mol. The second-order valence-corrected chi connectivity index (χ2v) is 16.6. The van der Waals surface area contributed by atoms with Crippen LogP contribution in [0.1, 0.15) is 96.2 Å². The number of esters is 1. The number of hydrogen-bond donors (Lipinski definition) is 2. The first kappa shape index (κ1) is 38.8. The largest absolute Gasteiger partial charge is 0.464 e. The molecule has 5 heterocycles. The highest BCUT2D eigenvalue weighted by molar-refractivity contribution is 8.14. The molecule has 6 bridgehead atoms. The van der Waals surface area contributed by atoms with Crippen molar-refractivity contribution >= 4 is 45.7 Å². The van der Waals surface area contributed by atoms with Crippen LogP contribution in [0.2, 0.25) is 0 Å². The number of hydrazine groups is 1. The summed E-state index contributed by atoms with van der Waals surface area (Å²) in [5.74, 6) is 0.340. The van der Waals surface area contributed by atoms with E-state index in [9.17, 15) is 14.4 Å². The van der Waals surface area contributed by atoms with Crippen LogP contribution >= 0.6 is 11.8 Å². The highest BCUT2D eigenvalue weighted by atomic mass is 32.2. The molecule has 53 heavy (non-hydrogen) atoms. The summed E-state index contributed by atoms with van der Waals surface area (Å²) < 4.78 is 19.6. The Morgan fingerprint density at radius 3 is 2.77 bits per heavy atom. The van der Waals surface area contributed by atoms with Gasteiger partial charge in [-0.25, -0.2) is 10.2 Å². The molecule has 4 atom stereocenters. The Morgan fingerprint density at radius 2 is 2.02 bits per heavy atom. The van der Waals surface area contributed by atoms with E-state index in [0.717, 1.165) is 57.0 Å². The molecule has 3 aliphatic rings. The molecule has 3 aliphatic heterocycles. The van der Waals surface area contributed by atoms with E-state index in [-0.39, 0.29) is 37.7 Å². The van der Waals surface area contributed by atoms with E-state index in [1.165, 1.54) is 5.01 Å². The number of rotatable bonds is 8. The van der Waals surface area contributed by atoms with Crippen molar-refractivity contribution in [1.82, 2.24) is 25.3 Å². The Kier molecular flexibility index (Phi) is 12.1. The van der Waals surface area contributed by atoms with Crippen LogP contribution in [0.4, 0.5) is 4.79 Å². The van der Waals surface area contributed by atoms with Gasteiger partial charge in [0.05, 0.1) is 41.8 Å². The molecule has 286 valence electrons. The number of carbonyl (C=O) groups is 3. The van der Waals surface area contributed by atoms with Gasteiger partial charge < -0.3 is 24.1 Å². The Morgan fingerprint density at radius 1 is 1.21 bits per heavy atom. The second-order valence-electron chi connectivity index (χ2n) is 15.5. The minimum Gasteiger partial charge on any atom is -0.464 e. The number of aromatic nitrogens is 2. The van der Waals surface area contributed by atoms with Gasteiger partial charge in [0.15, 0.2) is 0 Å². The van der Waals surface area contributed by atoms with Crippen molar-refractivity contribution in [3.63, 3.8) is 0 Å². The Bertz CT molecular complexity index is 1860. The first-order valence-electron chi connectivity index (χ1n) is 18.9. The second kappa shape index (κ2) is 16.6. The summed E-state index contributed by atoms with van der Waals surface area (Å²) in [6, 6.07) is 8.93. The third kappa shape index (κ3) is 8.73. The van der Waals surface area contributed by atoms with Crippen molar-refractivity contribution in [3.05, 3.63) is 53.3 Å². The first-order valence-corrected chi connectivity index (χ1v) is 19.9. The number of aliphatic imine (C=N–C) groups is 1. The number of thioether (sulfide) groups is 1. The van der Waals surface area contributed by atoms with Crippen molar-refractivity contribution in [1.29, 1.82) is 0 Å². The lowest BCUT2D eigenvalue weighted by Gasteiger charge is -2.35. The van der Waals surface area contributed by atoms with Gasteiger partial charge in [0.25, 0.3) is 5.91 Å². The van der Waals surface area contributed by atoms with E-state index in [1.807, 2.05) is 13.0 Å². The van der Waals surface area contributed by atoms with Crippen molar-refractivity contribution < 1.29 is 28.6 Å². The summed E-state index contributed by atoms with van der Waals surface area (Å²) >= 11 is 1.60. The minimum atomic E-state index is -0.926. The predicted molar refractivity (Wildman–Crippen MR) is 208 cm³/mol. The Labute approximate surface area is 316 Å². The Balaban J connectivity index is 1.44. The lowest BCUT2D eigenvalue weighted by molar-refractivity contribution is -0.155. The number of cyclic esters (lactones) is 1. The molecule has 0 saturated carbocycles. The van der Waals surface area contributed by atoms with Gasteiger partial charge in [-0.3, -0.25) is 24.6 Å². The third-order valence-electron chi connectivity index (χ3n) is 10.3. The molecule has 1 unspecified atom stereocenters. The number of aryl methyl sites for hydroxylation is 1. The lowest BCUT2D eigenvalue weighted by atomic mass is 9.84. The zero-order valence-electron chi connectivity index (χ0n) is 32.1. The fourth-order valence-electron chi connectivity index (χ4n) is 7.37. The number of ether oxygens (including phenoxy) is 3. The third-order valence-corrected chi connectivity index (χ3v) is 11.4. The molecule has 13 heteroatoms. The number of nitrogens with zero attached hydrogens (tertiary/aromatic N) is 4. The number of carbonyl (C=O) groups excluding carboxylic acids is 3. The van der Waals surface area contributed by atoms with Gasteiger partial charge in [-0.15, -0.1) is 11.8 Å². The summed E-state index contributed by atoms with van der Waals surface area (Å²) in [5, 5.41) is 6.18. The van der Waals surface area contributed by atoms with Crippen LogP contribution in [0.5, 0.6) is 0 Å². The molecular weight excluding hydrogens is 693 g/mol. The lowest BCUT2D eigenvalue weighted by Crippen LogP contribution is -2.60. The van der Waals surface area contributed by atoms with Crippen LogP contribution in [0.3, 0.4) is 0 Å². The molecule has 1 fully saturated rings. The predicted octanol–water partition coefficient (Wildman–Crippen LogP) is 6.77. The zero-order valence-corrected chi connectivity index (χ0v) is 32.9. The van der Waals surface area contributed by atoms with Crippen LogP contribution < -0.4 is 10.7 Å². The summed E-state index contributed by atoms with van der Waals surface area (Å²) in [7, 11) is 1.70. The topological polar surface area (TPSA) is 136 Å². The summed E-state index contributed by atoms with van der Waals surface area (Å²) in [6.45, 7) is 14.1. The fourth-order valence-corrected chi connectivity index (χ4v) is 8.47. The zero-order chi connectivity index (χ0) is 37.9. The molecule has 0 aliphatic carbocycles. The molecule has 2 N–H and O–H groups in total. The molecule has 0 radical (unpaired) electrons. The van der Waals surface area contributed by atoms with Gasteiger partial charge in [0, 0.05) is 60.5 Å². The monoisotopic (exact) mass is 746 g/mol. The molecule has 2 aromatic heterocycles. The SMILES string of the molecule is CCn1c(-c2cccnc2[C@H](C)OC)c2c3cc(ccc31)C1CSC(=N1)C[C@H](NC(=O)OCCC(C)C)C(=O)N1CCC[C@H](N1)C(=O)OCC(C)(C)C2. The van der Waals surface area contributed by atoms with Gasteiger partial charge in [-0.1, -0.05) is 33.8 Å². The summed E-state index contributed by atoms with van der Waals surface area (Å²) in [4.78, 5) is 50.5. The number of benzene rings is 1. The van der Waals surface area contributed by atoms with E-state index >= 15 is 0 Å². The van der Waals surface area contributed by atoms with E-state index in [4.69, 9.17) is 24.2 Å². The maximum absolute atomic E-state index is 14.0. The molecule has 3 aromatic rings. The highest BCUT2D eigenvalue weighted by Crippen LogP contribution is 2.42. The van der Waals surface area contributed by atoms with Gasteiger partial charge in [0.2, 0.25) is 0 Å². The van der Waals surface area contributed by atoms with Crippen molar-refractivity contribution in [2.45, 2.75) is 104 Å². The minimum absolute atomic E-state index is 0.123. The van der Waals surface area contributed by atoms with Crippen LogP contribution in [0.25, 0.3) is 22.2 Å². The van der Waals surface area contributed by atoms with Gasteiger partial charge >= 0.3 is 12.1 Å². The molecule has 12 nitrogen and oxygen atoms in total. The number of pyridine rings is 1. The van der Waals surface area contributed by atoms with E-state index in [0.29, 0.717) is 37.5 Å². The van der Waals surface area contributed by atoms with Crippen LogP contribution in [0, 0.1) is 11.3 Å².